The predicted octanol–water partition coefficient (Wildman–Crippen LogP) is 3.85. The number of phenols is 1. The van der Waals surface area contributed by atoms with Gasteiger partial charge in [0.1, 0.15) is 11.6 Å². The maximum Gasteiger partial charge on any atom is 0.323 e. The molecule has 1 aromatic heterocycles. The number of anilines is 1. The first kappa shape index (κ1) is 20.8. The van der Waals surface area contributed by atoms with E-state index in [2.05, 4.69) is 24.3 Å². The van der Waals surface area contributed by atoms with Crippen LogP contribution in [-0.2, 0) is 0 Å². The number of amides is 2. The number of hydrogen-bond donors (Lipinski definition) is 3. The average molecular weight is 374 g/mol. The number of nitrogens with one attached hydrogen (secondary N) is 1. The highest BCUT2D eigenvalue weighted by Crippen LogP contribution is 2.23. The van der Waals surface area contributed by atoms with Gasteiger partial charge < -0.3 is 15.1 Å². The number of hydrogen-bond acceptors (Lipinski definition) is 4. The number of aryl methyl sites for hydroxylation is 1. The van der Waals surface area contributed by atoms with Gasteiger partial charge >= 0.3 is 6.03 Å². The molecule has 7 nitrogen and oxygen atoms in total. The number of phenolic OH excluding ortho intramolecular Hbond substituents is 1. The molecule has 0 unspecified atom stereocenters. The fourth-order valence-corrected chi connectivity index (χ4v) is 3.11. The van der Waals surface area contributed by atoms with E-state index < -0.39 is 6.10 Å². The highest BCUT2D eigenvalue weighted by atomic mass is 16.3. The van der Waals surface area contributed by atoms with E-state index in [1.54, 1.807) is 18.2 Å². The number of benzene rings is 1. The second-order valence-corrected chi connectivity index (χ2v) is 6.67. The van der Waals surface area contributed by atoms with Gasteiger partial charge in [-0.2, -0.15) is 5.10 Å². The van der Waals surface area contributed by atoms with Crippen LogP contribution in [-0.4, -0.2) is 44.0 Å². The van der Waals surface area contributed by atoms with Crippen molar-refractivity contribution in [3.05, 3.63) is 41.6 Å². The van der Waals surface area contributed by atoms with Crippen molar-refractivity contribution in [1.29, 1.82) is 0 Å². The number of carbonyl (C=O) groups is 1. The first-order chi connectivity index (χ1) is 12.9. The molecule has 0 aliphatic carbocycles. The van der Waals surface area contributed by atoms with Crippen molar-refractivity contribution in [3.63, 3.8) is 0 Å². The monoisotopic (exact) mass is 374 g/mol. The molecule has 0 fully saturated rings. The van der Waals surface area contributed by atoms with Crippen molar-refractivity contribution in [2.45, 2.75) is 52.7 Å². The van der Waals surface area contributed by atoms with Gasteiger partial charge in [0.05, 0.1) is 24.4 Å². The zero-order chi connectivity index (χ0) is 20.0. The van der Waals surface area contributed by atoms with Crippen LogP contribution in [0, 0.1) is 6.92 Å². The van der Waals surface area contributed by atoms with Crippen LogP contribution in [0.3, 0.4) is 0 Å². The summed E-state index contributed by atoms with van der Waals surface area (Å²) in [4.78, 5) is 14.3. The Bertz CT molecular complexity index is 755. The molecule has 0 radical (unpaired) electrons. The minimum atomic E-state index is -0.881. The summed E-state index contributed by atoms with van der Waals surface area (Å²) in [6.45, 7) is 8.53. The lowest BCUT2D eigenvalue weighted by Gasteiger charge is -2.25. The Morgan fingerprint density at radius 3 is 2.56 bits per heavy atom. The number of aliphatic hydroxyl groups is 1. The molecule has 7 heteroatoms. The third-order valence-corrected chi connectivity index (χ3v) is 4.70. The maximum absolute atomic E-state index is 12.8. The third-order valence-electron chi connectivity index (χ3n) is 4.70. The minimum Gasteiger partial charge on any atom is -0.508 e. The van der Waals surface area contributed by atoms with Crippen molar-refractivity contribution in [1.82, 2.24) is 14.7 Å². The van der Waals surface area contributed by atoms with E-state index in [9.17, 15) is 15.0 Å². The lowest BCUT2D eigenvalue weighted by molar-refractivity contribution is 0.128. The molecule has 1 aromatic carbocycles. The quantitative estimate of drug-likeness (QED) is 0.655. The number of nitrogens with zero attached hydrogens (tertiary/aromatic N) is 3. The van der Waals surface area contributed by atoms with Crippen LogP contribution >= 0.6 is 0 Å². The highest BCUT2D eigenvalue weighted by Gasteiger charge is 2.21. The van der Waals surface area contributed by atoms with Gasteiger partial charge in [0.2, 0.25) is 0 Å². The molecule has 3 N–H and O–H groups in total. The number of aromatic hydroxyl groups is 1. The van der Waals surface area contributed by atoms with Crippen LogP contribution in [0.1, 0.15) is 57.0 Å². The van der Waals surface area contributed by atoms with Crippen LogP contribution in [0.25, 0.3) is 0 Å². The van der Waals surface area contributed by atoms with Crippen molar-refractivity contribution in [2.75, 3.05) is 18.4 Å². The van der Waals surface area contributed by atoms with E-state index in [4.69, 9.17) is 0 Å². The van der Waals surface area contributed by atoms with Crippen LogP contribution in [0.5, 0.6) is 5.75 Å². The Hall–Kier alpha value is -2.54. The molecule has 0 aliphatic rings. The molecule has 0 saturated carbocycles. The van der Waals surface area contributed by atoms with Crippen molar-refractivity contribution in [3.8, 4) is 5.75 Å². The molecule has 148 valence electrons. The average Bonchev–Trinajstić information content (AvgIpc) is 3.00. The summed E-state index contributed by atoms with van der Waals surface area (Å²) in [6.07, 6.45) is 0.969. The summed E-state index contributed by atoms with van der Waals surface area (Å²) in [7, 11) is 0. The molecular formula is C20H30N4O3. The van der Waals surface area contributed by atoms with Crippen molar-refractivity contribution >= 4 is 11.8 Å². The summed E-state index contributed by atoms with van der Waals surface area (Å²) < 4.78 is 1.87. The maximum atomic E-state index is 12.8. The van der Waals surface area contributed by atoms with Crippen molar-refractivity contribution in [2.24, 2.45) is 0 Å². The number of aliphatic hydroxyl groups excluding tert-OH is 1. The minimum absolute atomic E-state index is 0.0867. The highest BCUT2D eigenvalue weighted by molar-refractivity contribution is 5.88. The lowest BCUT2D eigenvalue weighted by Crippen LogP contribution is -2.38. The van der Waals surface area contributed by atoms with Crippen molar-refractivity contribution < 1.29 is 15.0 Å². The van der Waals surface area contributed by atoms with Gasteiger partial charge in [-0.1, -0.05) is 26.0 Å². The molecule has 0 spiro atoms. The van der Waals surface area contributed by atoms with E-state index in [0.29, 0.717) is 17.9 Å². The first-order valence-corrected chi connectivity index (χ1v) is 9.48. The molecule has 2 aromatic rings. The van der Waals surface area contributed by atoms with E-state index in [1.165, 1.54) is 11.0 Å². The van der Waals surface area contributed by atoms with Crippen LogP contribution in [0.4, 0.5) is 10.6 Å². The third kappa shape index (κ3) is 5.23. The Morgan fingerprint density at radius 2 is 1.96 bits per heavy atom. The standard InChI is InChI=1S/C20H30N4O3/c1-5-16(6-2)24-19(11-14(4)22-24)21-20(27)23(7-3)13-18(26)15-9-8-10-17(25)12-15/h8-12,16,18,25-26H,5-7,13H2,1-4H3,(H,21,27)/t18-/m1/s1. The zero-order valence-corrected chi connectivity index (χ0v) is 16.5. The second-order valence-electron chi connectivity index (χ2n) is 6.67. The molecule has 0 aliphatic heterocycles. The number of carbonyl (C=O) groups excluding carboxylic acids is 1. The summed E-state index contributed by atoms with van der Waals surface area (Å²) in [5, 5.41) is 27.5. The van der Waals surface area contributed by atoms with Gasteiger partial charge in [0, 0.05) is 12.6 Å². The van der Waals surface area contributed by atoms with Crippen LogP contribution in [0.2, 0.25) is 0 Å². The van der Waals surface area contributed by atoms with Gasteiger partial charge in [-0.25, -0.2) is 9.48 Å². The smallest absolute Gasteiger partial charge is 0.323 e. The number of aromatic nitrogens is 2. The molecule has 0 saturated heterocycles. The number of rotatable bonds is 8. The summed E-state index contributed by atoms with van der Waals surface area (Å²) >= 11 is 0. The van der Waals surface area contributed by atoms with Gasteiger partial charge in [0.15, 0.2) is 0 Å². The van der Waals surface area contributed by atoms with E-state index in [-0.39, 0.29) is 24.4 Å². The molecule has 1 atom stereocenters. The lowest BCUT2D eigenvalue weighted by atomic mass is 10.1. The zero-order valence-electron chi connectivity index (χ0n) is 16.5. The van der Waals surface area contributed by atoms with Gasteiger partial charge in [-0.05, 0) is 44.4 Å². The Labute approximate surface area is 160 Å². The Kier molecular flexibility index (Phi) is 7.24. The van der Waals surface area contributed by atoms with Gasteiger partial charge in [-0.3, -0.25) is 5.32 Å². The fourth-order valence-electron chi connectivity index (χ4n) is 3.11. The molecule has 27 heavy (non-hydrogen) atoms. The van der Waals surface area contributed by atoms with E-state index in [0.717, 1.165) is 18.5 Å². The van der Waals surface area contributed by atoms with E-state index >= 15 is 0 Å². The van der Waals surface area contributed by atoms with Crippen LogP contribution < -0.4 is 5.32 Å². The Morgan fingerprint density at radius 1 is 1.26 bits per heavy atom. The second kappa shape index (κ2) is 9.41. The SMILES string of the molecule is CCC(CC)n1nc(C)cc1NC(=O)N(CC)C[C@@H](O)c1cccc(O)c1. The topological polar surface area (TPSA) is 90.6 Å². The molecule has 2 amide bonds. The summed E-state index contributed by atoms with van der Waals surface area (Å²) in [5.41, 5.74) is 1.42. The van der Waals surface area contributed by atoms with Gasteiger partial charge in [0.25, 0.3) is 0 Å². The summed E-state index contributed by atoms with van der Waals surface area (Å²) in [5.74, 6) is 0.750. The number of urea groups is 1. The molecule has 2 rings (SSSR count). The predicted molar refractivity (Wildman–Crippen MR) is 106 cm³/mol. The van der Waals surface area contributed by atoms with Gasteiger partial charge in [-0.15, -0.1) is 0 Å². The largest absolute Gasteiger partial charge is 0.508 e. The molecule has 0 bridgehead atoms. The van der Waals surface area contributed by atoms with E-state index in [1.807, 2.05) is 24.6 Å². The fraction of sp³-hybridized carbons (Fsp3) is 0.500. The first-order valence-electron chi connectivity index (χ1n) is 9.48. The summed E-state index contributed by atoms with van der Waals surface area (Å²) in [6, 6.07) is 8.23. The normalized spacial score (nSPS) is 12.2. The van der Waals surface area contributed by atoms with Crippen LogP contribution in [0.15, 0.2) is 30.3 Å². The Balaban J connectivity index is 2.11. The molecular weight excluding hydrogens is 344 g/mol. The molecule has 1 heterocycles. The number of likely N-dealkylation sites (N-methyl/N-ethyl adjacent to an activating group) is 1.